The van der Waals surface area contributed by atoms with E-state index in [0.29, 0.717) is 0 Å². The molecule has 18 heavy (non-hydrogen) atoms. The Bertz CT molecular complexity index is 348. The minimum Gasteiger partial charge on any atom is -0.465 e. The Balaban J connectivity index is 3.07. The van der Waals surface area contributed by atoms with E-state index in [1.54, 1.807) is 13.8 Å². The lowest BCUT2D eigenvalue weighted by Crippen LogP contribution is -2.48. The van der Waals surface area contributed by atoms with Gasteiger partial charge in [0, 0.05) is 12.8 Å². The van der Waals surface area contributed by atoms with Gasteiger partial charge in [0.2, 0.25) is 0 Å². The second kappa shape index (κ2) is 5.75. The summed E-state index contributed by atoms with van der Waals surface area (Å²) < 4.78 is 9.61. The van der Waals surface area contributed by atoms with Gasteiger partial charge in [-0.2, -0.15) is 0 Å². The molecule has 0 bridgehead atoms. The van der Waals surface area contributed by atoms with Crippen molar-refractivity contribution < 1.29 is 28.7 Å². The van der Waals surface area contributed by atoms with Gasteiger partial charge >= 0.3 is 11.9 Å². The van der Waals surface area contributed by atoms with E-state index in [4.69, 9.17) is 9.47 Å². The standard InChI is InChI=1S/C12H16O6/c1-3-17-10(15)12(11(16)18-4-2)6-8(13)5-9(14)7-12/h3-7H2,1-2H3. The third-order valence-electron chi connectivity index (χ3n) is 2.72. The van der Waals surface area contributed by atoms with Gasteiger partial charge in [-0.15, -0.1) is 0 Å². The smallest absolute Gasteiger partial charge is 0.324 e. The van der Waals surface area contributed by atoms with E-state index in [-0.39, 0.29) is 32.5 Å². The molecule has 0 N–H and O–H groups in total. The van der Waals surface area contributed by atoms with Crippen LogP contribution in [0.3, 0.4) is 0 Å². The SMILES string of the molecule is CCOC(=O)C1(C(=O)OCC)CC(=O)CC(=O)C1. The minimum absolute atomic E-state index is 0.0718. The van der Waals surface area contributed by atoms with E-state index >= 15 is 0 Å². The molecule has 0 unspecified atom stereocenters. The number of carbonyl (C=O) groups is 4. The Morgan fingerprint density at radius 2 is 1.39 bits per heavy atom. The zero-order valence-electron chi connectivity index (χ0n) is 10.5. The van der Waals surface area contributed by atoms with E-state index in [1.165, 1.54) is 0 Å². The first-order chi connectivity index (χ1) is 8.46. The highest BCUT2D eigenvalue weighted by atomic mass is 16.6. The molecule has 6 heteroatoms. The molecule has 1 aliphatic carbocycles. The summed E-state index contributed by atoms with van der Waals surface area (Å²) in [5.74, 6) is -2.59. The number of ether oxygens (including phenoxy) is 2. The van der Waals surface area contributed by atoms with Crippen molar-refractivity contribution in [3.05, 3.63) is 0 Å². The van der Waals surface area contributed by atoms with Gasteiger partial charge in [-0.1, -0.05) is 0 Å². The third kappa shape index (κ3) is 2.75. The van der Waals surface area contributed by atoms with Crippen LogP contribution in [0.25, 0.3) is 0 Å². The molecule has 0 heterocycles. The van der Waals surface area contributed by atoms with Crippen molar-refractivity contribution in [1.29, 1.82) is 0 Å². The minimum atomic E-state index is -1.78. The molecule has 0 aromatic rings. The van der Waals surface area contributed by atoms with Crippen LogP contribution in [0.2, 0.25) is 0 Å². The summed E-state index contributed by atoms with van der Waals surface area (Å²) in [6, 6.07) is 0. The van der Waals surface area contributed by atoms with E-state index in [2.05, 4.69) is 0 Å². The first-order valence-corrected chi connectivity index (χ1v) is 5.84. The summed E-state index contributed by atoms with van der Waals surface area (Å²) in [7, 11) is 0. The fraction of sp³-hybridized carbons (Fsp3) is 0.667. The maximum Gasteiger partial charge on any atom is 0.324 e. The van der Waals surface area contributed by atoms with Crippen molar-refractivity contribution in [2.24, 2.45) is 5.41 Å². The lowest BCUT2D eigenvalue weighted by molar-refractivity contribution is -0.177. The Kier molecular flexibility index (Phi) is 4.58. The Hall–Kier alpha value is -1.72. The van der Waals surface area contributed by atoms with Gasteiger partial charge in [-0.25, -0.2) is 0 Å². The topological polar surface area (TPSA) is 86.7 Å². The van der Waals surface area contributed by atoms with Gasteiger partial charge in [-0.3, -0.25) is 19.2 Å². The monoisotopic (exact) mass is 256 g/mol. The summed E-state index contributed by atoms with van der Waals surface area (Å²) in [6.45, 7) is 3.32. The highest BCUT2D eigenvalue weighted by molar-refractivity contribution is 6.13. The molecule has 0 amide bonds. The third-order valence-corrected chi connectivity index (χ3v) is 2.72. The zero-order chi connectivity index (χ0) is 13.8. The fourth-order valence-corrected chi connectivity index (χ4v) is 1.99. The number of ketones is 2. The van der Waals surface area contributed by atoms with Gasteiger partial charge in [0.1, 0.15) is 11.6 Å². The van der Waals surface area contributed by atoms with E-state index in [1.807, 2.05) is 0 Å². The van der Waals surface area contributed by atoms with Gasteiger partial charge in [0.15, 0.2) is 5.41 Å². The van der Waals surface area contributed by atoms with Crippen molar-refractivity contribution in [2.75, 3.05) is 13.2 Å². The predicted octanol–water partition coefficient (Wildman–Crippen LogP) is 0.421. The molecule has 1 saturated carbocycles. The second-order valence-electron chi connectivity index (χ2n) is 4.13. The highest BCUT2D eigenvalue weighted by Gasteiger charge is 2.54. The van der Waals surface area contributed by atoms with Crippen LogP contribution < -0.4 is 0 Å². The molecule has 1 fully saturated rings. The van der Waals surface area contributed by atoms with Crippen molar-refractivity contribution in [1.82, 2.24) is 0 Å². The second-order valence-corrected chi connectivity index (χ2v) is 4.13. The summed E-state index contributed by atoms with van der Waals surface area (Å²) in [5, 5.41) is 0. The molecule has 6 nitrogen and oxygen atoms in total. The van der Waals surface area contributed by atoms with Crippen LogP contribution in [-0.4, -0.2) is 36.7 Å². The van der Waals surface area contributed by atoms with Crippen molar-refractivity contribution in [2.45, 2.75) is 33.1 Å². The molecule has 1 rings (SSSR count). The summed E-state index contributed by atoms with van der Waals surface area (Å²) >= 11 is 0. The molecule has 0 radical (unpaired) electrons. The van der Waals surface area contributed by atoms with Crippen molar-refractivity contribution in [3.8, 4) is 0 Å². The van der Waals surface area contributed by atoms with Crippen molar-refractivity contribution >= 4 is 23.5 Å². The Morgan fingerprint density at radius 3 is 1.72 bits per heavy atom. The Labute approximate surface area is 105 Å². The fourth-order valence-electron chi connectivity index (χ4n) is 1.99. The van der Waals surface area contributed by atoms with E-state index < -0.39 is 28.9 Å². The average molecular weight is 256 g/mol. The van der Waals surface area contributed by atoms with Crippen LogP contribution in [0.4, 0.5) is 0 Å². The molecular formula is C12H16O6. The number of carbonyl (C=O) groups excluding carboxylic acids is 4. The maximum atomic E-state index is 11.9. The van der Waals surface area contributed by atoms with E-state index in [0.717, 1.165) is 0 Å². The van der Waals surface area contributed by atoms with E-state index in [9.17, 15) is 19.2 Å². The first kappa shape index (κ1) is 14.3. The molecule has 0 aliphatic heterocycles. The maximum absolute atomic E-state index is 11.9. The summed E-state index contributed by atoms with van der Waals surface area (Å²) in [6.07, 6.45) is -0.882. The molecular weight excluding hydrogens is 240 g/mol. The number of Topliss-reactive ketones (excluding diaryl/α,β-unsaturated/α-hetero) is 2. The number of hydrogen-bond acceptors (Lipinski definition) is 6. The normalized spacial score (nSPS) is 18.3. The van der Waals surface area contributed by atoms with Crippen LogP contribution in [0.5, 0.6) is 0 Å². The lowest BCUT2D eigenvalue weighted by Gasteiger charge is -2.30. The summed E-state index contributed by atoms with van der Waals surface area (Å²) in [4.78, 5) is 46.7. The van der Waals surface area contributed by atoms with Gasteiger partial charge in [-0.05, 0) is 13.8 Å². The molecule has 0 aromatic carbocycles. The van der Waals surface area contributed by atoms with Crippen molar-refractivity contribution in [3.63, 3.8) is 0 Å². The van der Waals surface area contributed by atoms with Gasteiger partial charge < -0.3 is 9.47 Å². The summed E-state index contributed by atoms with van der Waals surface area (Å²) in [5.41, 5.74) is -1.78. The number of esters is 2. The largest absolute Gasteiger partial charge is 0.465 e. The lowest BCUT2D eigenvalue weighted by atomic mass is 9.73. The first-order valence-electron chi connectivity index (χ1n) is 5.84. The van der Waals surface area contributed by atoms with Crippen LogP contribution in [0.1, 0.15) is 33.1 Å². The van der Waals surface area contributed by atoms with Crippen LogP contribution in [0, 0.1) is 5.41 Å². The molecule has 0 spiro atoms. The van der Waals surface area contributed by atoms with Crippen LogP contribution in [-0.2, 0) is 28.7 Å². The van der Waals surface area contributed by atoms with Crippen LogP contribution in [0.15, 0.2) is 0 Å². The quantitative estimate of drug-likeness (QED) is 0.535. The molecule has 0 atom stereocenters. The molecule has 0 saturated heterocycles. The van der Waals surface area contributed by atoms with Crippen LogP contribution >= 0.6 is 0 Å². The molecule has 0 aromatic heterocycles. The Morgan fingerprint density at radius 1 is 1.00 bits per heavy atom. The predicted molar refractivity (Wildman–Crippen MR) is 59.6 cm³/mol. The molecule has 100 valence electrons. The molecule has 1 aliphatic rings. The number of hydrogen-bond donors (Lipinski definition) is 0. The van der Waals surface area contributed by atoms with Gasteiger partial charge in [0.25, 0.3) is 0 Å². The highest BCUT2D eigenvalue weighted by Crippen LogP contribution is 2.35. The zero-order valence-corrected chi connectivity index (χ0v) is 10.5. The van der Waals surface area contributed by atoms with Gasteiger partial charge in [0.05, 0.1) is 19.6 Å². The number of rotatable bonds is 4. The average Bonchev–Trinajstić information content (AvgIpc) is 2.28.